The van der Waals surface area contributed by atoms with Gasteiger partial charge in [-0.2, -0.15) is 0 Å². The van der Waals surface area contributed by atoms with Crippen molar-refractivity contribution >= 4 is 17.5 Å². The summed E-state index contributed by atoms with van der Waals surface area (Å²) >= 11 is 5.31. The van der Waals surface area contributed by atoms with E-state index in [4.69, 9.17) is 11.6 Å². The topological polar surface area (TPSA) is 29.1 Å². The Morgan fingerprint density at radius 2 is 2.40 bits per heavy atom. The number of alkyl halides is 1. The van der Waals surface area contributed by atoms with E-state index < -0.39 is 0 Å². The average molecular weight is 162 g/mol. The van der Waals surface area contributed by atoms with Crippen LogP contribution in [0.4, 0.5) is 0 Å². The summed E-state index contributed by atoms with van der Waals surface area (Å²) in [6.07, 6.45) is 2.51. The highest BCUT2D eigenvalue weighted by Gasteiger charge is 2.28. The molecule has 1 aliphatic carbocycles. The molecule has 2 nitrogen and oxygen atoms in total. The van der Waals surface area contributed by atoms with Crippen LogP contribution < -0.4 is 5.32 Å². The summed E-state index contributed by atoms with van der Waals surface area (Å²) in [4.78, 5) is 10.7. The molecule has 0 aromatic carbocycles. The normalized spacial score (nSPS) is 20.2. The van der Waals surface area contributed by atoms with Crippen molar-refractivity contribution in [1.82, 2.24) is 5.32 Å². The van der Waals surface area contributed by atoms with E-state index >= 15 is 0 Å². The maximum Gasteiger partial charge on any atom is 0.235 e. The first-order valence-electron chi connectivity index (χ1n) is 3.59. The molecule has 0 aromatic rings. The van der Waals surface area contributed by atoms with Gasteiger partial charge in [-0.15, -0.1) is 11.6 Å². The molecule has 0 aliphatic heterocycles. The van der Waals surface area contributed by atoms with Crippen LogP contribution in [0.2, 0.25) is 0 Å². The van der Waals surface area contributed by atoms with E-state index in [0.717, 1.165) is 0 Å². The van der Waals surface area contributed by atoms with E-state index in [1.54, 1.807) is 0 Å². The zero-order chi connectivity index (χ0) is 7.56. The minimum Gasteiger partial charge on any atom is -0.352 e. The van der Waals surface area contributed by atoms with E-state index in [-0.39, 0.29) is 11.8 Å². The van der Waals surface area contributed by atoms with Gasteiger partial charge < -0.3 is 5.32 Å². The highest BCUT2D eigenvalue weighted by atomic mass is 35.5. The van der Waals surface area contributed by atoms with Crippen molar-refractivity contribution in [2.75, 3.05) is 5.88 Å². The maximum atomic E-state index is 10.7. The third-order valence-corrected chi connectivity index (χ3v) is 2.08. The van der Waals surface area contributed by atoms with Crippen LogP contribution in [0.25, 0.3) is 0 Å². The van der Waals surface area contributed by atoms with E-state index in [0.29, 0.717) is 12.0 Å². The molecule has 3 heteroatoms. The Hall–Kier alpha value is -0.240. The fraction of sp³-hybridized carbons (Fsp3) is 0.857. The molecule has 1 fully saturated rings. The quantitative estimate of drug-likeness (QED) is 0.618. The van der Waals surface area contributed by atoms with Crippen molar-refractivity contribution in [2.24, 2.45) is 5.92 Å². The second-order valence-corrected chi connectivity index (χ2v) is 3.09. The molecule has 0 radical (unpaired) electrons. The van der Waals surface area contributed by atoms with Gasteiger partial charge in [0.05, 0.1) is 0 Å². The van der Waals surface area contributed by atoms with Gasteiger partial charge in [0, 0.05) is 6.04 Å². The minimum atomic E-state index is -0.0546. The molecule has 1 atom stereocenters. The summed E-state index contributed by atoms with van der Waals surface area (Å²) in [6, 6.07) is 0.325. The lowest BCUT2D eigenvalue weighted by Crippen LogP contribution is -2.34. The summed E-state index contributed by atoms with van der Waals surface area (Å²) in [5.74, 6) is 0.741. The number of halogens is 1. The van der Waals surface area contributed by atoms with Gasteiger partial charge in [0.15, 0.2) is 0 Å². The molecule has 1 rings (SSSR count). The van der Waals surface area contributed by atoms with Gasteiger partial charge in [0.1, 0.15) is 5.88 Å². The lowest BCUT2D eigenvalue weighted by molar-refractivity contribution is -0.119. The molecule has 1 N–H and O–H groups in total. The Balaban J connectivity index is 2.16. The SMILES string of the molecule is C[C@@H](NC(=O)CCl)C1CC1. The molecule has 0 spiro atoms. The third-order valence-electron chi connectivity index (χ3n) is 1.84. The van der Waals surface area contributed by atoms with Crippen LogP contribution >= 0.6 is 11.6 Å². The second kappa shape index (κ2) is 3.24. The van der Waals surface area contributed by atoms with Gasteiger partial charge in [-0.1, -0.05) is 0 Å². The highest BCUT2D eigenvalue weighted by molar-refractivity contribution is 6.27. The average Bonchev–Trinajstić information content (AvgIpc) is 2.68. The Bertz CT molecular complexity index is 134. The van der Waals surface area contributed by atoms with Crippen LogP contribution in [0.15, 0.2) is 0 Å². The van der Waals surface area contributed by atoms with Gasteiger partial charge in [-0.3, -0.25) is 4.79 Å². The molecule has 0 unspecified atom stereocenters. The Morgan fingerprint density at radius 1 is 1.80 bits per heavy atom. The molecule has 0 bridgehead atoms. The lowest BCUT2D eigenvalue weighted by atomic mass is 10.2. The third kappa shape index (κ3) is 2.18. The fourth-order valence-electron chi connectivity index (χ4n) is 1.01. The number of amides is 1. The van der Waals surface area contributed by atoms with Gasteiger partial charge in [-0.05, 0) is 25.7 Å². The van der Waals surface area contributed by atoms with E-state index in [1.165, 1.54) is 12.8 Å². The first-order valence-corrected chi connectivity index (χ1v) is 4.13. The monoisotopic (exact) mass is 161 g/mol. The number of carbonyl (C=O) groups excluding carboxylic acids is 1. The lowest BCUT2D eigenvalue weighted by Gasteiger charge is -2.10. The van der Waals surface area contributed by atoms with E-state index in [2.05, 4.69) is 5.32 Å². The number of nitrogens with one attached hydrogen (secondary N) is 1. The molecule has 0 saturated heterocycles. The van der Waals surface area contributed by atoms with Crippen molar-refractivity contribution in [2.45, 2.75) is 25.8 Å². The van der Waals surface area contributed by atoms with Crippen LogP contribution in [-0.2, 0) is 4.79 Å². The van der Waals surface area contributed by atoms with Crippen molar-refractivity contribution in [3.05, 3.63) is 0 Å². The number of carbonyl (C=O) groups is 1. The fourth-order valence-corrected chi connectivity index (χ4v) is 1.08. The smallest absolute Gasteiger partial charge is 0.235 e. The Morgan fingerprint density at radius 3 is 2.80 bits per heavy atom. The molecular formula is C7H12ClNO. The van der Waals surface area contributed by atoms with Crippen molar-refractivity contribution in [3.8, 4) is 0 Å². The van der Waals surface area contributed by atoms with Gasteiger partial charge >= 0.3 is 0 Å². The van der Waals surface area contributed by atoms with Crippen molar-refractivity contribution in [1.29, 1.82) is 0 Å². The van der Waals surface area contributed by atoms with Crippen LogP contribution in [-0.4, -0.2) is 17.8 Å². The summed E-state index contributed by atoms with van der Waals surface area (Å²) in [6.45, 7) is 2.03. The zero-order valence-electron chi connectivity index (χ0n) is 6.06. The molecule has 10 heavy (non-hydrogen) atoms. The number of hydrogen-bond acceptors (Lipinski definition) is 1. The first-order chi connectivity index (χ1) is 4.74. The molecule has 1 amide bonds. The molecule has 0 heterocycles. The summed E-state index contributed by atoms with van der Waals surface area (Å²) < 4.78 is 0. The molecule has 58 valence electrons. The van der Waals surface area contributed by atoms with Crippen LogP contribution in [0.3, 0.4) is 0 Å². The van der Waals surface area contributed by atoms with Gasteiger partial charge in [-0.25, -0.2) is 0 Å². The molecule has 0 aromatic heterocycles. The Labute approximate surface area is 65.9 Å². The molecular weight excluding hydrogens is 150 g/mol. The van der Waals surface area contributed by atoms with Crippen molar-refractivity contribution in [3.63, 3.8) is 0 Å². The number of hydrogen-bond donors (Lipinski definition) is 1. The van der Waals surface area contributed by atoms with Crippen molar-refractivity contribution < 1.29 is 4.79 Å². The van der Waals surface area contributed by atoms with Crippen LogP contribution in [0, 0.1) is 5.92 Å². The minimum absolute atomic E-state index is 0.0546. The summed E-state index contributed by atoms with van der Waals surface area (Å²) in [7, 11) is 0. The van der Waals surface area contributed by atoms with E-state index in [9.17, 15) is 4.79 Å². The standard InChI is InChI=1S/C7H12ClNO/c1-5(6-2-3-6)9-7(10)4-8/h5-6H,2-4H2,1H3,(H,9,10)/t5-/m1/s1. The first kappa shape index (κ1) is 7.86. The van der Waals surface area contributed by atoms with Gasteiger partial charge in [0.25, 0.3) is 0 Å². The second-order valence-electron chi connectivity index (χ2n) is 2.83. The van der Waals surface area contributed by atoms with Crippen LogP contribution in [0.5, 0.6) is 0 Å². The zero-order valence-corrected chi connectivity index (χ0v) is 6.82. The largest absolute Gasteiger partial charge is 0.352 e. The molecule has 1 saturated carbocycles. The van der Waals surface area contributed by atoms with Gasteiger partial charge in [0.2, 0.25) is 5.91 Å². The van der Waals surface area contributed by atoms with Crippen LogP contribution in [0.1, 0.15) is 19.8 Å². The predicted octanol–water partition coefficient (Wildman–Crippen LogP) is 1.14. The number of rotatable bonds is 3. The summed E-state index contributed by atoms with van der Waals surface area (Å²) in [5.41, 5.74) is 0. The Kier molecular flexibility index (Phi) is 2.55. The summed E-state index contributed by atoms with van der Waals surface area (Å²) in [5, 5.41) is 2.82. The van der Waals surface area contributed by atoms with E-state index in [1.807, 2.05) is 6.92 Å². The maximum absolute atomic E-state index is 10.7. The molecule has 1 aliphatic rings. The highest BCUT2D eigenvalue weighted by Crippen LogP contribution is 2.32. The predicted molar refractivity (Wildman–Crippen MR) is 41.0 cm³/mol.